The molecule has 5 nitrogen and oxygen atoms in total. The van der Waals surface area contributed by atoms with Crippen molar-refractivity contribution in [1.82, 2.24) is 16.2 Å². The van der Waals surface area contributed by atoms with Crippen LogP contribution in [0.25, 0.3) is 0 Å². The van der Waals surface area contributed by atoms with Gasteiger partial charge in [0.25, 0.3) is 5.91 Å². The SMILES string of the molecule is CCNC(=S)NNC(=O)COc1ccc(Br)c(C)c1. The number of hydrogen-bond acceptors (Lipinski definition) is 3. The van der Waals surface area contributed by atoms with E-state index in [-0.39, 0.29) is 12.5 Å². The average Bonchev–Trinajstić information content (AvgIpc) is 2.38. The monoisotopic (exact) mass is 345 g/mol. The molecular weight excluding hydrogens is 330 g/mol. The Morgan fingerprint density at radius 3 is 2.79 bits per heavy atom. The molecule has 0 aliphatic rings. The molecule has 1 rings (SSSR count). The van der Waals surface area contributed by atoms with Gasteiger partial charge in [0.1, 0.15) is 5.75 Å². The number of benzene rings is 1. The van der Waals surface area contributed by atoms with Crippen molar-refractivity contribution in [2.75, 3.05) is 13.2 Å². The molecule has 1 aromatic rings. The van der Waals surface area contributed by atoms with Gasteiger partial charge in [0.05, 0.1) is 0 Å². The summed E-state index contributed by atoms with van der Waals surface area (Å²) in [6.45, 7) is 4.47. The minimum atomic E-state index is -0.305. The lowest BCUT2D eigenvalue weighted by molar-refractivity contribution is -0.123. The molecule has 19 heavy (non-hydrogen) atoms. The molecule has 1 aromatic carbocycles. The predicted molar refractivity (Wildman–Crippen MR) is 81.9 cm³/mol. The molecule has 0 saturated carbocycles. The molecule has 0 aromatic heterocycles. The van der Waals surface area contributed by atoms with E-state index in [4.69, 9.17) is 17.0 Å². The topological polar surface area (TPSA) is 62.4 Å². The van der Waals surface area contributed by atoms with Gasteiger partial charge in [-0.1, -0.05) is 15.9 Å². The minimum Gasteiger partial charge on any atom is -0.484 e. The van der Waals surface area contributed by atoms with Crippen LogP contribution in [0.4, 0.5) is 0 Å². The Hall–Kier alpha value is -1.34. The fourth-order valence-electron chi connectivity index (χ4n) is 1.22. The quantitative estimate of drug-likeness (QED) is 0.572. The molecule has 0 atom stereocenters. The maximum Gasteiger partial charge on any atom is 0.276 e. The van der Waals surface area contributed by atoms with Crippen LogP contribution in [0, 0.1) is 6.92 Å². The largest absolute Gasteiger partial charge is 0.484 e. The second-order valence-corrected chi connectivity index (χ2v) is 4.99. The van der Waals surface area contributed by atoms with Crippen LogP contribution in [0.5, 0.6) is 5.75 Å². The maximum atomic E-state index is 11.5. The fourth-order valence-corrected chi connectivity index (χ4v) is 1.67. The molecule has 104 valence electrons. The molecule has 0 aliphatic heterocycles. The first-order chi connectivity index (χ1) is 9.02. The van der Waals surface area contributed by atoms with E-state index < -0.39 is 0 Å². The maximum absolute atomic E-state index is 11.5. The van der Waals surface area contributed by atoms with Gasteiger partial charge in [-0.15, -0.1) is 0 Å². The number of carbonyl (C=O) groups excluding carboxylic acids is 1. The average molecular weight is 346 g/mol. The minimum absolute atomic E-state index is 0.0805. The Morgan fingerprint density at radius 1 is 1.42 bits per heavy atom. The molecule has 0 aliphatic carbocycles. The van der Waals surface area contributed by atoms with Crippen LogP contribution >= 0.6 is 28.1 Å². The van der Waals surface area contributed by atoms with Gasteiger partial charge < -0.3 is 10.1 Å². The highest BCUT2D eigenvalue weighted by Gasteiger charge is 2.04. The van der Waals surface area contributed by atoms with Gasteiger partial charge in [-0.05, 0) is 49.8 Å². The van der Waals surface area contributed by atoms with E-state index in [0.717, 1.165) is 10.0 Å². The van der Waals surface area contributed by atoms with E-state index in [1.54, 1.807) is 6.07 Å². The fraction of sp³-hybridized carbons (Fsp3) is 0.333. The summed E-state index contributed by atoms with van der Waals surface area (Å²) < 4.78 is 6.36. The van der Waals surface area contributed by atoms with Crippen molar-refractivity contribution in [3.05, 3.63) is 28.2 Å². The number of halogens is 1. The standard InChI is InChI=1S/C12H16BrN3O2S/c1-3-14-12(19)16-15-11(17)7-18-9-4-5-10(13)8(2)6-9/h4-6H,3,7H2,1-2H3,(H,15,17)(H2,14,16,19). The van der Waals surface area contributed by atoms with E-state index in [9.17, 15) is 4.79 Å². The van der Waals surface area contributed by atoms with Crippen molar-refractivity contribution in [3.63, 3.8) is 0 Å². The first-order valence-corrected chi connectivity index (χ1v) is 6.94. The van der Waals surface area contributed by atoms with Gasteiger partial charge in [0, 0.05) is 11.0 Å². The molecule has 0 spiro atoms. The number of rotatable bonds is 4. The molecule has 0 heterocycles. The molecule has 1 amide bonds. The lowest BCUT2D eigenvalue weighted by Crippen LogP contribution is -2.48. The number of amides is 1. The van der Waals surface area contributed by atoms with Crippen LogP contribution in [0.1, 0.15) is 12.5 Å². The smallest absolute Gasteiger partial charge is 0.276 e. The first-order valence-electron chi connectivity index (χ1n) is 5.74. The zero-order valence-electron chi connectivity index (χ0n) is 10.7. The predicted octanol–water partition coefficient (Wildman–Crippen LogP) is 1.65. The zero-order chi connectivity index (χ0) is 14.3. The molecule has 0 unspecified atom stereocenters. The van der Waals surface area contributed by atoms with Crippen LogP contribution in [0.2, 0.25) is 0 Å². The highest BCUT2D eigenvalue weighted by molar-refractivity contribution is 9.10. The van der Waals surface area contributed by atoms with E-state index >= 15 is 0 Å². The lowest BCUT2D eigenvalue weighted by atomic mass is 10.2. The normalized spacial score (nSPS) is 9.63. The van der Waals surface area contributed by atoms with Gasteiger partial charge in [-0.3, -0.25) is 15.6 Å². The first kappa shape index (κ1) is 15.7. The third kappa shape index (κ3) is 5.89. The Labute approximate surface area is 126 Å². The van der Waals surface area contributed by atoms with E-state index in [2.05, 4.69) is 32.1 Å². The van der Waals surface area contributed by atoms with Crippen molar-refractivity contribution < 1.29 is 9.53 Å². The molecule has 7 heteroatoms. The summed E-state index contributed by atoms with van der Waals surface area (Å²) >= 11 is 8.30. The zero-order valence-corrected chi connectivity index (χ0v) is 13.2. The Morgan fingerprint density at radius 2 is 2.16 bits per heavy atom. The van der Waals surface area contributed by atoms with Crippen molar-refractivity contribution >= 4 is 39.2 Å². The summed E-state index contributed by atoms with van der Waals surface area (Å²) in [6.07, 6.45) is 0. The summed E-state index contributed by atoms with van der Waals surface area (Å²) in [7, 11) is 0. The number of thiocarbonyl (C=S) groups is 1. The Bertz CT molecular complexity index is 468. The number of ether oxygens (including phenoxy) is 1. The second-order valence-electron chi connectivity index (χ2n) is 3.73. The van der Waals surface area contributed by atoms with Crippen LogP contribution < -0.4 is 20.9 Å². The van der Waals surface area contributed by atoms with Crippen molar-refractivity contribution in [1.29, 1.82) is 0 Å². The van der Waals surface area contributed by atoms with Crippen LogP contribution in [-0.4, -0.2) is 24.2 Å². The van der Waals surface area contributed by atoms with Gasteiger partial charge >= 0.3 is 0 Å². The third-order valence-corrected chi connectivity index (χ3v) is 3.29. The molecule has 0 radical (unpaired) electrons. The lowest BCUT2D eigenvalue weighted by Gasteiger charge is -2.11. The van der Waals surface area contributed by atoms with Crippen molar-refractivity contribution in [2.24, 2.45) is 0 Å². The van der Waals surface area contributed by atoms with Gasteiger partial charge in [0.15, 0.2) is 11.7 Å². The van der Waals surface area contributed by atoms with Crippen molar-refractivity contribution in [3.8, 4) is 5.75 Å². The van der Waals surface area contributed by atoms with E-state index in [1.807, 2.05) is 26.0 Å². The summed E-state index contributed by atoms with van der Waals surface area (Å²) in [5.74, 6) is 0.339. The van der Waals surface area contributed by atoms with Crippen LogP contribution in [-0.2, 0) is 4.79 Å². The molecular formula is C12H16BrN3O2S. The summed E-state index contributed by atoms with van der Waals surface area (Å²) in [6, 6.07) is 5.52. The number of carbonyl (C=O) groups is 1. The highest BCUT2D eigenvalue weighted by atomic mass is 79.9. The molecule has 0 saturated heterocycles. The van der Waals surface area contributed by atoms with E-state index in [0.29, 0.717) is 17.4 Å². The number of nitrogens with one attached hydrogen (secondary N) is 3. The van der Waals surface area contributed by atoms with Crippen LogP contribution in [0.3, 0.4) is 0 Å². The number of hydrogen-bond donors (Lipinski definition) is 3. The summed E-state index contributed by atoms with van der Waals surface area (Å²) in [4.78, 5) is 11.5. The summed E-state index contributed by atoms with van der Waals surface area (Å²) in [5, 5.41) is 3.22. The Balaban J connectivity index is 2.33. The van der Waals surface area contributed by atoms with Gasteiger partial charge in [-0.2, -0.15) is 0 Å². The molecule has 0 fully saturated rings. The summed E-state index contributed by atoms with van der Waals surface area (Å²) in [5.41, 5.74) is 6.06. The number of hydrazine groups is 1. The van der Waals surface area contributed by atoms with Crippen LogP contribution in [0.15, 0.2) is 22.7 Å². The van der Waals surface area contributed by atoms with Gasteiger partial charge in [-0.25, -0.2) is 0 Å². The Kier molecular flexibility index (Phi) is 6.58. The van der Waals surface area contributed by atoms with E-state index in [1.165, 1.54) is 0 Å². The van der Waals surface area contributed by atoms with Crippen molar-refractivity contribution in [2.45, 2.75) is 13.8 Å². The molecule has 3 N–H and O–H groups in total. The third-order valence-electron chi connectivity index (χ3n) is 2.15. The molecule has 0 bridgehead atoms. The second kappa shape index (κ2) is 7.96. The highest BCUT2D eigenvalue weighted by Crippen LogP contribution is 2.21. The number of aryl methyl sites for hydroxylation is 1. The van der Waals surface area contributed by atoms with Gasteiger partial charge in [0.2, 0.25) is 0 Å².